The molecule has 0 aromatic carbocycles. The van der Waals surface area contributed by atoms with Gasteiger partial charge in [0.25, 0.3) is 0 Å². The molecule has 0 radical (unpaired) electrons. The maximum Gasteiger partial charge on any atom is 0.224 e. The Morgan fingerprint density at radius 2 is 2.21 bits per heavy atom. The highest BCUT2D eigenvalue weighted by atomic mass is 32.2. The molecule has 0 bridgehead atoms. The fraction of sp³-hybridized carbons (Fsp3) is 0.636. The van der Waals surface area contributed by atoms with E-state index in [9.17, 15) is 8.42 Å². The number of aryl methyl sites for hydroxylation is 1. The second-order valence-corrected chi connectivity index (χ2v) is 7.85. The average molecular weight is 302 g/mol. The van der Waals surface area contributed by atoms with Crippen molar-refractivity contribution < 1.29 is 8.42 Å². The molecule has 1 N–H and O–H groups in total. The summed E-state index contributed by atoms with van der Waals surface area (Å²) in [6, 6.07) is 1.83. The van der Waals surface area contributed by atoms with Gasteiger partial charge in [-0.05, 0) is 6.92 Å². The third-order valence-electron chi connectivity index (χ3n) is 2.94. The van der Waals surface area contributed by atoms with E-state index in [1.165, 1.54) is 6.26 Å². The Balaban J connectivity index is 2.40. The average Bonchev–Trinajstić information content (AvgIpc) is 2.37. The van der Waals surface area contributed by atoms with Gasteiger partial charge in [-0.3, -0.25) is 0 Å². The lowest BCUT2D eigenvalue weighted by molar-refractivity contribution is 0.583. The van der Waals surface area contributed by atoms with Crippen LogP contribution in [0.4, 0.5) is 11.8 Å². The fourth-order valence-electron chi connectivity index (χ4n) is 2.01. The van der Waals surface area contributed by atoms with Crippen molar-refractivity contribution in [3.63, 3.8) is 0 Å². The van der Waals surface area contributed by atoms with Gasteiger partial charge >= 0.3 is 0 Å². The highest BCUT2D eigenvalue weighted by Crippen LogP contribution is 2.26. The molecule has 1 aliphatic rings. The molecule has 6 nitrogen and oxygen atoms in total. The summed E-state index contributed by atoms with van der Waals surface area (Å²) in [4.78, 5) is 10.5. The van der Waals surface area contributed by atoms with Gasteiger partial charge in [-0.25, -0.2) is 13.4 Å². The van der Waals surface area contributed by atoms with Crippen LogP contribution >= 0.6 is 11.8 Å². The molecule has 0 aliphatic carbocycles. The van der Waals surface area contributed by atoms with Crippen molar-refractivity contribution in [1.29, 1.82) is 0 Å². The first kappa shape index (κ1) is 14.4. The lowest BCUT2D eigenvalue weighted by Crippen LogP contribution is -2.47. The maximum absolute atomic E-state index is 11.9. The Morgan fingerprint density at radius 3 is 2.84 bits per heavy atom. The molecule has 0 amide bonds. The van der Waals surface area contributed by atoms with E-state index in [4.69, 9.17) is 0 Å². The van der Waals surface area contributed by atoms with E-state index < -0.39 is 15.2 Å². The zero-order valence-corrected chi connectivity index (χ0v) is 12.9. The number of anilines is 2. The Morgan fingerprint density at radius 1 is 1.47 bits per heavy atom. The van der Waals surface area contributed by atoms with Crippen LogP contribution in [0.2, 0.25) is 0 Å². The third kappa shape index (κ3) is 3.30. The zero-order chi connectivity index (χ0) is 14.0. The van der Waals surface area contributed by atoms with Gasteiger partial charge in [0.05, 0.1) is 0 Å². The molecule has 106 valence electrons. The summed E-state index contributed by atoms with van der Waals surface area (Å²) < 4.78 is 23.8. The largest absolute Gasteiger partial charge is 0.357 e. The number of rotatable bonds is 3. The van der Waals surface area contributed by atoms with Gasteiger partial charge in [0, 0.05) is 43.1 Å². The SMILES string of the molecule is CNc1nc(C)cc(N2CCSCC2S(C)(=O)=O)n1. The number of nitrogens with zero attached hydrogens (tertiary/aromatic N) is 3. The first-order valence-corrected chi connectivity index (χ1v) is 9.09. The summed E-state index contributed by atoms with van der Waals surface area (Å²) in [5.74, 6) is 2.67. The Kier molecular flexibility index (Phi) is 4.19. The zero-order valence-electron chi connectivity index (χ0n) is 11.3. The summed E-state index contributed by atoms with van der Waals surface area (Å²) >= 11 is 1.66. The molecule has 8 heteroatoms. The van der Waals surface area contributed by atoms with E-state index >= 15 is 0 Å². The molecule has 19 heavy (non-hydrogen) atoms. The highest BCUT2D eigenvalue weighted by molar-refractivity contribution is 8.01. The number of thioether (sulfide) groups is 1. The van der Waals surface area contributed by atoms with Crippen LogP contribution in [0.3, 0.4) is 0 Å². The number of sulfone groups is 1. The second kappa shape index (κ2) is 5.54. The summed E-state index contributed by atoms with van der Waals surface area (Å²) in [6.45, 7) is 2.56. The molecule has 2 rings (SSSR count). The molecule has 1 aromatic rings. The molecule has 1 fully saturated rings. The normalized spacial score (nSPS) is 20.4. The summed E-state index contributed by atoms with van der Waals surface area (Å²) in [6.07, 6.45) is 1.28. The van der Waals surface area contributed by atoms with Crippen LogP contribution in [0.1, 0.15) is 5.69 Å². The van der Waals surface area contributed by atoms with Gasteiger partial charge in [0.1, 0.15) is 11.2 Å². The summed E-state index contributed by atoms with van der Waals surface area (Å²) in [5, 5.41) is 2.39. The maximum atomic E-state index is 11.9. The Labute approximate surface area is 117 Å². The molecule has 1 unspecified atom stereocenters. The third-order valence-corrected chi connectivity index (χ3v) is 5.58. The number of aromatic nitrogens is 2. The molecule has 1 aromatic heterocycles. The van der Waals surface area contributed by atoms with E-state index in [0.717, 1.165) is 11.4 Å². The number of hydrogen-bond acceptors (Lipinski definition) is 7. The van der Waals surface area contributed by atoms with Gasteiger partial charge in [-0.2, -0.15) is 16.7 Å². The monoisotopic (exact) mass is 302 g/mol. The topological polar surface area (TPSA) is 75.2 Å². The molecule has 1 atom stereocenters. The van der Waals surface area contributed by atoms with E-state index in [0.29, 0.717) is 24.1 Å². The highest BCUT2D eigenvalue weighted by Gasteiger charge is 2.32. The van der Waals surface area contributed by atoms with Crippen LogP contribution in [0.5, 0.6) is 0 Å². The molecular formula is C11H18N4O2S2. The van der Waals surface area contributed by atoms with Crippen LogP contribution in [-0.2, 0) is 9.84 Å². The predicted molar refractivity (Wildman–Crippen MR) is 79.6 cm³/mol. The molecule has 2 heterocycles. The Bertz CT molecular complexity index is 562. The molecule has 1 aliphatic heterocycles. The quantitative estimate of drug-likeness (QED) is 0.883. The number of nitrogens with one attached hydrogen (secondary N) is 1. The van der Waals surface area contributed by atoms with Gasteiger partial charge < -0.3 is 10.2 Å². The van der Waals surface area contributed by atoms with E-state index in [1.807, 2.05) is 17.9 Å². The first-order chi connectivity index (χ1) is 8.91. The van der Waals surface area contributed by atoms with Gasteiger partial charge in [-0.1, -0.05) is 0 Å². The van der Waals surface area contributed by atoms with Crippen LogP contribution in [-0.4, -0.2) is 55.1 Å². The molecule has 0 spiro atoms. The van der Waals surface area contributed by atoms with E-state index in [2.05, 4.69) is 15.3 Å². The van der Waals surface area contributed by atoms with Crippen LogP contribution in [0.25, 0.3) is 0 Å². The lowest BCUT2D eigenvalue weighted by atomic mass is 10.4. The second-order valence-electron chi connectivity index (χ2n) is 4.49. The smallest absolute Gasteiger partial charge is 0.224 e. The van der Waals surface area contributed by atoms with Crippen molar-refractivity contribution in [1.82, 2.24) is 9.97 Å². The van der Waals surface area contributed by atoms with Crippen molar-refractivity contribution in [2.45, 2.75) is 12.3 Å². The van der Waals surface area contributed by atoms with Crippen LogP contribution < -0.4 is 10.2 Å². The van der Waals surface area contributed by atoms with Gasteiger partial charge in [0.2, 0.25) is 5.95 Å². The Hall–Kier alpha value is -1.02. The minimum absolute atomic E-state index is 0.509. The molecule has 0 saturated carbocycles. The minimum atomic E-state index is -3.13. The van der Waals surface area contributed by atoms with Crippen LogP contribution in [0.15, 0.2) is 6.07 Å². The minimum Gasteiger partial charge on any atom is -0.357 e. The summed E-state index contributed by atoms with van der Waals surface area (Å²) in [7, 11) is -1.38. The van der Waals surface area contributed by atoms with E-state index in [1.54, 1.807) is 18.8 Å². The van der Waals surface area contributed by atoms with Gasteiger partial charge in [-0.15, -0.1) is 0 Å². The number of hydrogen-bond donors (Lipinski definition) is 1. The summed E-state index contributed by atoms with van der Waals surface area (Å²) in [5.41, 5.74) is 0.819. The van der Waals surface area contributed by atoms with Crippen molar-refractivity contribution in [3.8, 4) is 0 Å². The van der Waals surface area contributed by atoms with Crippen LogP contribution in [0, 0.1) is 6.92 Å². The first-order valence-electron chi connectivity index (χ1n) is 5.98. The van der Waals surface area contributed by atoms with Crippen molar-refractivity contribution in [2.24, 2.45) is 0 Å². The van der Waals surface area contributed by atoms with E-state index in [-0.39, 0.29) is 0 Å². The standard InChI is InChI=1S/C11H18N4O2S2/c1-8-6-9(14-11(12-2)13-8)15-4-5-18-7-10(15)19(3,16)17/h6,10H,4-5,7H2,1-3H3,(H,12,13,14). The predicted octanol–water partition coefficient (Wildman–Crippen LogP) is 0.751. The van der Waals surface area contributed by atoms with Crippen molar-refractivity contribution >= 4 is 33.4 Å². The molecule has 1 saturated heterocycles. The fourth-order valence-corrected chi connectivity index (χ4v) is 4.84. The van der Waals surface area contributed by atoms with Crippen molar-refractivity contribution in [3.05, 3.63) is 11.8 Å². The molecular weight excluding hydrogens is 284 g/mol. The lowest BCUT2D eigenvalue weighted by Gasteiger charge is -2.35. The van der Waals surface area contributed by atoms with Crippen molar-refractivity contribution in [2.75, 3.05) is 41.6 Å². The van der Waals surface area contributed by atoms with Gasteiger partial charge in [0.15, 0.2) is 9.84 Å².